The van der Waals surface area contributed by atoms with Crippen LogP contribution in [0.5, 0.6) is 0 Å². The lowest BCUT2D eigenvalue weighted by Crippen LogP contribution is -2.13. The van der Waals surface area contributed by atoms with Crippen molar-refractivity contribution < 1.29 is 4.39 Å². The Labute approximate surface area is 152 Å². The number of aromatic nitrogens is 3. The first-order valence-corrected chi connectivity index (χ1v) is 8.99. The van der Waals surface area contributed by atoms with Gasteiger partial charge in [0, 0.05) is 17.8 Å². The normalized spacial score (nSPS) is 11.3. The van der Waals surface area contributed by atoms with Crippen LogP contribution in [0.25, 0.3) is 15.8 Å². The van der Waals surface area contributed by atoms with E-state index in [9.17, 15) is 4.39 Å². The third-order valence-corrected chi connectivity index (χ3v) is 5.19. The third kappa shape index (κ3) is 3.42. The molecule has 0 unspecified atom stereocenters. The zero-order chi connectivity index (χ0) is 17.2. The van der Waals surface area contributed by atoms with Crippen molar-refractivity contribution in [3.05, 3.63) is 76.1 Å². The zero-order valence-electron chi connectivity index (χ0n) is 13.1. The van der Waals surface area contributed by atoms with E-state index in [1.54, 1.807) is 22.1 Å². The number of hydrogen-bond acceptors (Lipinski definition) is 4. The molecule has 0 aliphatic carbocycles. The van der Waals surface area contributed by atoms with Crippen molar-refractivity contribution >= 4 is 33.0 Å². The molecule has 2 aromatic heterocycles. The summed E-state index contributed by atoms with van der Waals surface area (Å²) >= 11 is 7.56. The van der Waals surface area contributed by atoms with E-state index in [1.165, 1.54) is 27.8 Å². The highest BCUT2D eigenvalue weighted by Crippen LogP contribution is 2.24. The fourth-order valence-corrected chi connectivity index (χ4v) is 3.74. The Balaban J connectivity index is 1.43. The van der Waals surface area contributed by atoms with Gasteiger partial charge in [-0.1, -0.05) is 35.0 Å². The van der Waals surface area contributed by atoms with Gasteiger partial charge >= 0.3 is 0 Å². The molecule has 0 fully saturated rings. The molecule has 0 spiro atoms. The van der Waals surface area contributed by atoms with Crippen LogP contribution in [-0.2, 0) is 13.1 Å². The molecule has 0 saturated carbocycles. The van der Waals surface area contributed by atoms with Crippen LogP contribution in [0.1, 0.15) is 11.3 Å². The Hall–Kier alpha value is -2.28. The number of fused-ring (bicyclic) bond motifs is 1. The summed E-state index contributed by atoms with van der Waals surface area (Å²) in [6.07, 6.45) is 1.81. The lowest BCUT2D eigenvalue weighted by atomic mass is 10.1. The smallest absolute Gasteiger partial charge is 0.141 e. The average molecular weight is 373 g/mol. The Kier molecular flexibility index (Phi) is 4.48. The average Bonchev–Trinajstić information content (AvgIpc) is 3.27. The van der Waals surface area contributed by atoms with Gasteiger partial charge in [-0.2, -0.15) is 0 Å². The molecule has 2 aromatic carbocycles. The van der Waals surface area contributed by atoms with Crippen LogP contribution in [0.4, 0.5) is 4.39 Å². The highest BCUT2D eigenvalue weighted by Gasteiger charge is 2.07. The number of benzene rings is 2. The molecule has 4 rings (SSSR count). The van der Waals surface area contributed by atoms with E-state index in [4.69, 9.17) is 11.6 Å². The summed E-state index contributed by atoms with van der Waals surface area (Å²) in [5, 5.41) is 15.0. The van der Waals surface area contributed by atoms with Gasteiger partial charge in [-0.25, -0.2) is 9.07 Å². The largest absolute Gasteiger partial charge is 0.307 e. The molecular weight excluding hydrogens is 359 g/mol. The number of rotatable bonds is 5. The van der Waals surface area contributed by atoms with Crippen molar-refractivity contribution in [3.8, 4) is 5.69 Å². The first kappa shape index (κ1) is 16.2. The van der Waals surface area contributed by atoms with Crippen LogP contribution in [0.3, 0.4) is 0 Å². The minimum atomic E-state index is -0.449. The van der Waals surface area contributed by atoms with Crippen LogP contribution < -0.4 is 5.32 Å². The topological polar surface area (TPSA) is 42.7 Å². The van der Waals surface area contributed by atoms with E-state index in [0.29, 0.717) is 12.2 Å². The lowest BCUT2D eigenvalue weighted by Gasteiger charge is -2.04. The van der Waals surface area contributed by atoms with Gasteiger partial charge < -0.3 is 5.32 Å². The van der Waals surface area contributed by atoms with Crippen LogP contribution in [0.2, 0.25) is 5.02 Å². The Morgan fingerprint density at radius 2 is 2.08 bits per heavy atom. The van der Waals surface area contributed by atoms with Gasteiger partial charge in [0.05, 0.1) is 22.6 Å². The predicted octanol–water partition coefficient (Wildman–Crippen LogP) is 4.56. The van der Waals surface area contributed by atoms with Crippen molar-refractivity contribution in [1.82, 2.24) is 20.3 Å². The second-order valence-electron chi connectivity index (χ2n) is 5.61. The van der Waals surface area contributed by atoms with Crippen LogP contribution in [0, 0.1) is 5.82 Å². The first-order valence-electron chi connectivity index (χ1n) is 7.73. The summed E-state index contributed by atoms with van der Waals surface area (Å²) in [6, 6.07) is 12.9. The van der Waals surface area contributed by atoms with Gasteiger partial charge in [0.2, 0.25) is 0 Å². The molecule has 25 heavy (non-hydrogen) atoms. The quantitative estimate of drug-likeness (QED) is 0.558. The standard InChI is InChI=1S/C18H14ClFN4S/c19-16-8-15(4-5-17(16)20)24-11-14(22-23-24)10-21-9-13-3-1-2-12-6-7-25-18(12)13/h1-8,11,21H,9-10H2. The van der Waals surface area contributed by atoms with E-state index in [1.807, 2.05) is 6.20 Å². The molecule has 0 bridgehead atoms. The van der Waals surface area contributed by atoms with E-state index < -0.39 is 5.82 Å². The van der Waals surface area contributed by atoms with Gasteiger partial charge in [0.1, 0.15) is 5.82 Å². The number of nitrogens with zero attached hydrogens (tertiary/aromatic N) is 3. The Morgan fingerprint density at radius 1 is 1.16 bits per heavy atom. The highest BCUT2D eigenvalue weighted by molar-refractivity contribution is 7.17. The molecule has 126 valence electrons. The number of hydrogen-bond donors (Lipinski definition) is 1. The first-order chi connectivity index (χ1) is 12.2. The van der Waals surface area contributed by atoms with Crippen molar-refractivity contribution in [3.63, 3.8) is 0 Å². The maximum absolute atomic E-state index is 13.2. The molecule has 0 atom stereocenters. The van der Waals surface area contributed by atoms with Crippen molar-refractivity contribution in [1.29, 1.82) is 0 Å². The molecule has 4 aromatic rings. The Morgan fingerprint density at radius 3 is 2.96 bits per heavy atom. The monoisotopic (exact) mass is 372 g/mol. The summed E-state index contributed by atoms with van der Waals surface area (Å²) in [7, 11) is 0. The molecular formula is C18H14ClFN4S. The molecule has 7 heteroatoms. The van der Waals surface area contributed by atoms with Gasteiger partial charge in [-0.15, -0.1) is 16.4 Å². The summed E-state index contributed by atoms with van der Waals surface area (Å²) < 4.78 is 16.1. The fourth-order valence-electron chi connectivity index (χ4n) is 2.65. The maximum Gasteiger partial charge on any atom is 0.141 e. The van der Waals surface area contributed by atoms with Gasteiger partial charge in [0.25, 0.3) is 0 Å². The van der Waals surface area contributed by atoms with Crippen LogP contribution >= 0.6 is 22.9 Å². The molecule has 0 aliphatic heterocycles. The summed E-state index contributed by atoms with van der Waals surface area (Å²) in [5.74, 6) is -0.449. The second kappa shape index (κ2) is 6.92. The predicted molar refractivity (Wildman–Crippen MR) is 98.7 cm³/mol. The lowest BCUT2D eigenvalue weighted by molar-refractivity contribution is 0.627. The number of nitrogens with one attached hydrogen (secondary N) is 1. The number of thiophene rings is 1. The van der Waals surface area contributed by atoms with Crippen molar-refractivity contribution in [2.45, 2.75) is 13.1 Å². The fraction of sp³-hybridized carbons (Fsp3) is 0.111. The van der Waals surface area contributed by atoms with Gasteiger partial charge in [0.15, 0.2) is 0 Å². The van der Waals surface area contributed by atoms with Crippen LogP contribution in [-0.4, -0.2) is 15.0 Å². The van der Waals surface area contributed by atoms with Crippen LogP contribution in [0.15, 0.2) is 54.0 Å². The molecule has 0 aliphatic rings. The van der Waals surface area contributed by atoms with E-state index in [2.05, 4.69) is 45.3 Å². The highest BCUT2D eigenvalue weighted by atomic mass is 35.5. The van der Waals surface area contributed by atoms with Crippen molar-refractivity contribution in [2.24, 2.45) is 0 Å². The van der Waals surface area contributed by atoms with E-state index in [-0.39, 0.29) is 5.02 Å². The Bertz CT molecular complexity index is 1030. The molecule has 4 nitrogen and oxygen atoms in total. The second-order valence-corrected chi connectivity index (χ2v) is 6.94. The molecule has 0 amide bonds. The summed E-state index contributed by atoms with van der Waals surface area (Å²) in [5.41, 5.74) is 2.75. The summed E-state index contributed by atoms with van der Waals surface area (Å²) in [4.78, 5) is 0. The SMILES string of the molecule is Fc1ccc(-n2cc(CNCc3cccc4ccsc34)nn2)cc1Cl. The minimum Gasteiger partial charge on any atom is -0.307 e. The van der Waals surface area contributed by atoms with E-state index >= 15 is 0 Å². The van der Waals surface area contributed by atoms with Crippen molar-refractivity contribution in [2.75, 3.05) is 0 Å². The maximum atomic E-state index is 13.2. The number of halogens is 2. The van der Waals surface area contributed by atoms with Gasteiger partial charge in [-0.05, 0) is 40.6 Å². The molecule has 0 radical (unpaired) electrons. The van der Waals surface area contributed by atoms with Gasteiger partial charge in [-0.3, -0.25) is 0 Å². The third-order valence-electron chi connectivity index (χ3n) is 3.89. The van der Waals surface area contributed by atoms with E-state index in [0.717, 1.165) is 12.2 Å². The molecule has 0 saturated heterocycles. The molecule has 1 N–H and O–H groups in total. The zero-order valence-corrected chi connectivity index (χ0v) is 14.7. The minimum absolute atomic E-state index is 0.0664. The molecule has 2 heterocycles. The summed E-state index contributed by atoms with van der Waals surface area (Å²) in [6.45, 7) is 1.35.